The molecule has 4 rings (SSSR count). The van der Waals surface area contributed by atoms with Gasteiger partial charge in [-0.15, -0.1) is 11.3 Å². The number of hydrogen-bond donors (Lipinski definition) is 2. The van der Waals surface area contributed by atoms with Crippen LogP contribution >= 0.6 is 11.3 Å². The number of pyridine rings is 1. The molecule has 8 heteroatoms. The quantitative estimate of drug-likeness (QED) is 0.723. The highest BCUT2D eigenvalue weighted by molar-refractivity contribution is 7.21. The number of rotatable bonds is 3. The van der Waals surface area contributed by atoms with Gasteiger partial charge in [-0.25, -0.2) is 15.0 Å². The second kappa shape index (κ2) is 6.77. The Hall–Kier alpha value is -2.74. The molecular weight excluding hydrogens is 360 g/mol. The van der Waals surface area contributed by atoms with Gasteiger partial charge in [0, 0.05) is 42.8 Å². The molecule has 1 aliphatic rings. The first kappa shape index (κ1) is 17.7. The van der Waals surface area contributed by atoms with E-state index in [0.29, 0.717) is 10.6 Å². The monoisotopic (exact) mass is 382 g/mol. The van der Waals surface area contributed by atoms with Gasteiger partial charge < -0.3 is 16.0 Å². The zero-order valence-electron chi connectivity index (χ0n) is 15.4. The molecule has 0 aromatic carbocycles. The number of nitrogens with zero attached hydrogens (tertiary/aromatic N) is 4. The molecule has 1 atom stereocenters. The second-order valence-electron chi connectivity index (χ2n) is 7.13. The Morgan fingerprint density at radius 2 is 2.22 bits per heavy atom. The predicted molar refractivity (Wildman–Crippen MR) is 108 cm³/mol. The molecule has 27 heavy (non-hydrogen) atoms. The maximum atomic E-state index is 12.0. The number of piperidine rings is 1. The molecule has 3 aromatic heterocycles. The van der Waals surface area contributed by atoms with Crippen LogP contribution in [0.15, 0.2) is 30.7 Å². The van der Waals surface area contributed by atoms with Gasteiger partial charge in [-0.2, -0.15) is 0 Å². The molecule has 3 aromatic rings. The van der Waals surface area contributed by atoms with Crippen LogP contribution in [0.25, 0.3) is 10.2 Å². The first-order chi connectivity index (χ1) is 13.0. The molecule has 1 fully saturated rings. The Morgan fingerprint density at radius 3 is 2.96 bits per heavy atom. The number of hydrogen-bond acceptors (Lipinski definition) is 7. The van der Waals surface area contributed by atoms with Crippen LogP contribution in [0, 0.1) is 0 Å². The van der Waals surface area contributed by atoms with Crippen LogP contribution in [0.1, 0.15) is 35.1 Å². The van der Waals surface area contributed by atoms with E-state index in [1.54, 1.807) is 19.6 Å². The molecule has 0 radical (unpaired) electrons. The first-order valence-electron chi connectivity index (χ1n) is 8.94. The largest absolute Gasteiger partial charge is 0.397 e. The lowest BCUT2D eigenvalue weighted by Crippen LogP contribution is -2.45. The van der Waals surface area contributed by atoms with E-state index < -0.39 is 0 Å². The van der Waals surface area contributed by atoms with Crippen LogP contribution in [0.4, 0.5) is 11.5 Å². The number of carbonyl (C=O) groups excluding carboxylic acids is 1. The number of nitrogen functional groups attached to an aromatic ring is 1. The van der Waals surface area contributed by atoms with Crippen molar-refractivity contribution in [2.75, 3.05) is 30.8 Å². The predicted octanol–water partition coefficient (Wildman–Crippen LogP) is 2.59. The van der Waals surface area contributed by atoms with E-state index in [4.69, 9.17) is 10.7 Å². The van der Waals surface area contributed by atoms with E-state index in [2.05, 4.69) is 27.1 Å². The van der Waals surface area contributed by atoms with Gasteiger partial charge in [0.05, 0.1) is 5.69 Å². The number of anilines is 2. The number of nitrogens with two attached hydrogens (primary N) is 1. The van der Waals surface area contributed by atoms with Gasteiger partial charge in [-0.1, -0.05) is 6.92 Å². The molecule has 140 valence electrons. The van der Waals surface area contributed by atoms with Gasteiger partial charge in [0.1, 0.15) is 21.9 Å². The Balaban J connectivity index is 1.69. The third kappa shape index (κ3) is 3.10. The maximum absolute atomic E-state index is 12.0. The highest BCUT2D eigenvalue weighted by Gasteiger charge is 2.35. The second-order valence-corrected chi connectivity index (χ2v) is 8.13. The first-order valence-corrected chi connectivity index (χ1v) is 9.76. The molecule has 0 aliphatic carbocycles. The van der Waals surface area contributed by atoms with Crippen LogP contribution in [-0.4, -0.2) is 41.0 Å². The Kier molecular flexibility index (Phi) is 4.43. The number of thiophene rings is 1. The average Bonchev–Trinajstić information content (AvgIpc) is 3.04. The maximum Gasteiger partial charge on any atom is 0.263 e. The molecule has 0 spiro atoms. The Morgan fingerprint density at radius 1 is 1.37 bits per heavy atom. The minimum Gasteiger partial charge on any atom is -0.397 e. The Labute approximate surface area is 161 Å². The van der Waals surface area contributed by atoms with Crippen molar-refractivity contribution >= 4 is 39.0 Å². The average molecular weight is 382 g/mol. The van der Waals surface area contributed by atoms with Crippen molar-refractivity contribution in [1.82, 2.24) is 20.3 Å². The van der Waals surface area contributed by atoms with E-state index in [9.17, 15) is 4.79 Å². The number of aromatic nitrogens is 3. The summed E-state index contributed by atoms with van der Waals surface area (Å²) in [6.45, 7) is 4.05. The van der Waals surface area contributed by atoms with Crippen molar-refractivity contribution in [3.8, 4) is 0 Å². The van der Waals surface area contributed by atoms with E-state index in [-0.39, 0.29) is 11.3 Å². The highest BCUT2D eigenvalue weighted by Crippen LogP contribution is 2.38. The summed E-state index contributed by atoms with van der Waals surface area (Å²) in [5.41, 5.74) is 7.60. The van der Waals surface area contributed by atoms with Crippen LogP contribution in [0.5, 0.6) is 0 Å². The fourth-order valence-electron chi connectivity index (χ4n) is 3.73. The minimum atomic E-state index is -0.170. The molecule has 1 amide bonds. The molecular formula is C19H22N6OS. The van der Waals surface area contributed by atoms with Crippen LogP contribution in [0.2, 0.25) is 0 Å². The summed E-state index contributed by atoms with van der Waals surface area (Å²) >= 11 is 1.35. The zero-order valence-corrected chi connectivity index (χ0v) is 16.2. The molecule has 7 nitrogen and oxygen atoms in total. The SMILES string of the molecule is CNC(=O)c1sc2nc([C@@]3(C)CCCN(c4ccncn4)C3)ccc2c1N. The Bertz CT molecular complexity index is 989. The fraction of sp³-hybridized carbons (Fsp3) is 0.368. The molecule has 4 heterocycles. The lowest BCUT2D eigenvalue weighted by atomic mass is 9.78. The molecule has 0 unspecified atom stereocenters. The van der Waals surface area contributed by atoms with Gasteiger partial charge in [-0.05, 0) is 31.0 Å². The number of nitrogens with one attached hydrogen (secondary N) is 1. The van der Waals surface area contributed by atoms with E-state index in [1.165, 1.54) is 11.3 Å². The third-order valence-electron chi connectivity index (χ3n) is 5.23. The standard InChI is InChI=1S/C19H22N6OS/c1-19(7-3-9-25(10-19)14-6-8-22-11-23-14)13-5-4-12-15(20)16(17(26)21-2)27-18(12)24-13/h4-6,8,11H,3,7,9-10,20H2,1-2H3,(H,21,26)/t19-/m0/s1. The summed E-state index contributed by atoms with van der Waals surface area (Å²) in [7, 11) is 1.61. The molecule has 1 aliphatic heterocycles. The number of amides is 1. The van der Waals surface area contributed by atoms with Crippen molar-refractivity contribution in [1.29, 1.82) is 0 Å². The fourth-order valence-corrected chi connectivity index (χ4v) is 4.77. The molecule has 3 N–H and O–H groups in total. The summed E-state index contributed by atoms with van der Waals surface area (Å²) < 4.78 is 0. The smallest absolute Gasteiger partial charge is 0.263 e. The zero-order chi connectivity index (χ0) is 19.0. The van der Waals surface area contributed by atoms with E-state index in [1.807, 2.05) is 18.2 Å². The lowest BCUT2D eigenvalue weighted by molar-refractivity contribution is 0.0968. The molecule has 0 bridgehead atoms. The van der Waals surface area contributed by atoms with Gasteiger partial charge in [0.2, 0.25) is 0 Å². The van der Waals surface area contributed by atoms with Crippen molar-refractivity contribution in [2.45, 2.75) is 25.2 Å². The summed E-state index contributed by atoms with van der Waals surface area (Å²) in [6.07, 6.45) is 5.47. The summed E-state index contributed by atoms with van der Waals surface area (Å²) in [4.78, 5) is 28.9. The van der Waals surface area contributed by atoms with E-state index >= 15 is 0 Å². The minimum absolute atomic E-state index is 0.0939. The third-order valence-corrected chi connectivity index (χ3v) is 6.35. The highest BCUT2D eigenvalue weighted by atomic mass is 32.1. The van der Waals surface area contributed by atoms with Gasteiger partial charge >= 0.3 is 0 Å². The topological polar surface area (TPSA) is 97.0 Å². The van der Waals surface area contributed by atoms with Gasteiger partial charge in [-0.3, -0.25) is 4.79 Å². The van der Waals surface area contributed by atoms with Crippen molar-refractivity contribution in [2.24, 2.45) is 0 Å². The summed E-state index contributed by atoms with van der Waals surface area (Å²) in [5.74, 6) is 0.773. The van der Waals surface area contributed by atoms with Crippen LogP contribution in [0.3, 0.4) is 0 Å². The van der Waals surface area contributed by atoms with Crippen LogP contribution < -0.4 is 16.0 Å². The van der Waals surface area contributed by atoms with E-state index in [0.717, 1.165) is 47.7 Å². The van der Waals surface area contributed by atoms with Crippen molar-refractivity contribution in [3.63, 3.8) is 0 Å². The van der Waals surface area contributed by atoms with Crippen molar-refractivity contribution < 1.29 is 4.79 Å². The van der Waals surface area contributed by atoms with Gasteiger partial charge in [0.25, 0.3) is 5.91 Å². The lowest BCUT2D eigenvalue weighted by Gasteiger charge is -2.40. The molecule has 0 saturated carbocycles. The summed E-state index contributed by atoms with van der Waals surface area (Å²) in [5, 5.41) is 3.48. The van der Waals surface area contributed by atoms with Crippen molar-refractivity contribution in [3.05, 3.63) is 41.3 Å². The molecule has 1 saturated heterocycles. The normalized spacial score (nSPS) is 20.0. The summed E-state index contributed by atoms with van der Waals surface area (Å²) in [6, 6.07) is 5.98. The number of carbonyl (C=O) groups is 1. The van der Waals surface area contributed by atoms with Crippen LogP contribution in [-0.2, 0) is 5.41 Å². The number of fused-ring (bicyclic) bond motifs is 1. The van der Waals surface area contributed by atoms with Gasteiger partial charge in [0.15, 0.2) is 0 Å².